The maximum absolute atomic E-state index is 11.3. The van der Waals surface area contributed by atoms with Gasteiger partial charge >= 0.3 is 0 Å². The van der Waals surface area contributed by atoms with E-state index < -0.39 is 0 Å². The van der Waals surface area contributed by atoms with Crippen LogP contribution in [-0.2, 0) is 0 Å². The molecule has 0 atom stereocenters. The topological polar surface area (TPSA) is 97.5 Å². The molecular formula is C7H7N5O. The van der Waals surface area contributed by atoms with Crippen molar-refractivity contribution in [2.24, 2.45) is 0 Å². The van der Waals surface area contributed by atoms with Gasteiger partial charge in [0.05, 0.1) is 6.20 Å². The second kappa shape index (κ2) is 2.51. The van der Waals surface area contributed by atoms with Gasteiger partial charge in [0, 0.05) is 0 Å². The van der Waals surface area contributed by atoms with Crippen molar-refractivity contribution in [1.29, 1.82) is 0 Å². The Balaban J connectivity index is 2.95. The van der Waals surface area contributed by atoms with Gasteiger partial charge in [-0.3, -0.25) is 9.78 Å². The van der Waals surface area contributed by atoms with Crippen LogP contribution in [0.15, 0.2) is 11.0 Å². The summed E-state index contributed by atoms with van der Waals surface area (Å²) in [5.74, 6) is 0.606. The Morgan fingerprint density at radius 1 is 1.46 bits per heavy atom. The lowest BCUT2D eigenvalue weighted by molar-refractivity contribution is 1.06. The van der Waals surface area contributed by atoms with Crippen LogP contribution in [0, 0.1) is 6.92 Å². The number of nitrogen functional groups attached to an aromatic ring is 1. The lowest BCUT2D eigenvalue weighted by Crippen LogP contribution is -2.13. The number of H-pyrrole nitrogens is 1. The van der Waals surface area contributed by atoms with E-state index >= 15 is 0 Å². The molecule has 0 unspecified atom stereocenters. The largest absolute Gasteiger partial charge is 0.369 e. The molecule has 0 bridgehead atoms. The minimum Gasteiger partial charge on any atom is -0.369 e. The number of rotatable bonds is 0. The number of nitrogens with one attached hydrogen (secondary N) is 1. The molecule has 13 heavy (non-hydrogen) atoms. The van der Waals surface area contributed by atoms with E-state index in [9.17, 15) is 4.79 Å². The van der Waals surface area contributed by atoms with Crippen LogP contribution in [0.25, 0.3) is 11.0 Å². The highest BCUT2D eigenvalue weighted by molar-refractivity contribution is 5.72. The van der Waals surface area contributed by atoms with E-state index in [4.69, 9.17) is 5.73 Å². The molecule has 2 aromatic heterocycles. The molecule has 0 amide bonds. The zero-order valence-corrected chi connectivity index (χ0v) is 6.90. The van der Waals surface area contributed by atoms with Crippen LogP contribution < -0.4 is 11.3 Å². The highest BCUT2D eigenvalue weighted by atomic mass is 16.1. The third-order valence-corrected chi connectivity index (χ3v) is 1.59. The van der Waals surface area contributed by atoms with E-state index in [2.05, 4.69) is 19.9 Å². The summed E-state index contributed by atoms with van der Waals surface area (Å²) in [7, 11) is 0. The van der Waals surface area contributed by atoms with Crippen molar-refractivity contribution in [3.05, 3.63) is 22.4 Å². The number of aromatic nitrogens is 4. The summed E-state index contributed by atoms with van der Waals surface area (Å²) in [5, 5.41) is 0. The number of aromatic amines is 1. The molecule has 2 rings (SSSR count). The van der Waals surface area contributed by atoms with Gasteiger partial charge in [-0.1, -0.05) is 0 Å². The van der Waals surface area contributed by atoms with E-state index in [0.717, 1.165) is 0 Å². The van der Waals surface area contributed by atoms with Crippen molar-refractivity contribution >= 4 is 17.0 Å². The first-order valence-electron chi connectivity index (χ1n) is 3.66. The van der Waals surface area contributed by atoms with Gasteiger partial charge in [-0.05, 0) is 6.92 Å². The Labute approximate surface area is 72.9 Å². The normalized spacial score (nSPS) is 10.5. The third kappa shape index (κ3) is 1.22. The molecule has 2 aromatic rings. The monoisotopic (exact) mass is 177 g/mol. The highest BCUT2D eigenvalue weighted by Crippen LogP contribution is 2.02. The molecule has 3 N–H and O–H groups in total. The molecular weight excluding hydrogens is 170 g/mol. The number of hydrogen-bond acceptors (Lipinski definition) is 5. The van der Waals surface area contributed by atoms with Crippen LogP contribution in [-0.4, -0.2) is 19.9 Å². The number of aryl methyl sites for hydroxylation is 1. The summed E-state index contributed by atoms with van der Waals surface area (Å²) < 4.78 is 0. The van der Waals surface area contributed by atoms with Gasteiger partial charge in [0.1, 0.15) is 11.3 Å². The van der Waals surface area contributed by atoms with Crippen molar-refractivity contribution in [2.75, 3.05) is 5.73 Å². The smallest absolute Gasteiger partial charge is 0.278 e. The average molecular weight is 177 g/mol. The fourth-order valence-corrected chi connectivity index (χ4v) is 1.05. The predicted octanol–water partition coefficient (Wildman–Crippen LogP) is -0.396. The van der Waals surface area contributed by atoms with Gasteiger partial charge in [0.15, 0.2) is 5.52 Å². The molecule has 0 aliphatic heterocycles. The minimum atomic E-state index is -0.340. The first-order valence-corrected chi connectivity index (χ1v) is 3.66. The predicted molar refractivity (Wildman–Crippen MR) is 47.1 cm³/mol. The van der Waals surface area contributed by atoms with Gasteiger partial charge in [-0.15, -0.1) is 0 Å². The number of nitrogens with zero attached hydrogens (tertiary/aromatic N) is 3. The van der Waals surface area contributed by atoms with Crippen LogP contribution in [0.1, 0.15) is 5.82 Å². The summed E-state index contributed by atoms with van der Waals surface area (Å²) in [5.41, 5.74) is 5.68. The lowest BCUT2D eigenvalue weighted by atomic mass is 10.4. The zero-order valence-electron chi connectivity index (χ0n) is 6.90. The lowest BCUT2D eigenvalue weighted by Gasteiger charge is -1.97. The highest BCUT2D eigenvalue weighted by Gasteiger charge is 2.03. The Morgan fingerprint density at radius 3 is 3.00 bits per heavy atom. The Morgan fingerprint density at radius 2 is 2.23 bits per heavy atom. The van der Waals surface area contributed by atoms with Crippen LogP contribution >= 0.6 is 0 Å². The Bertz CT molecular complexity index is 518. The van der Waals surface area contributed by atoms with E-state index in [1.54, 1.807) is 6.92 Å². The molecule has 0 aromatic carbocycles. The average Bonchev–Trinajstić information content (AvgIpc) is 2.06. The first kappa shape index (κ1) is 7.66. The standard InChI is InChI=1S/C7H7N5O/c1-3-9-2-4-5(10-3)6(13)12-7(8)11-4/h2H,1H3,(H3,8,11,12,13). The Hall–Kier alpha value is -1.98. The maximum Gasteiger partial charge on any atom is 0.278 e. The van der Waals surface area contributed by atoms with Gasteiger partial charge in [-0.25, -0.2) is 15.0 Å². The molecule has 6 nitrogen and oxygen atoms in total. The molecule has 0 aliphatic carbocycles. The second-order valence-electron chi connectivity index (χ2n) is 2.60. The van der Waals surface area contributed by atoms with Gasteiger partial charge < -0.3 is 5.73 Å². The zero-order chi connectivity index (χ0) is 9.42. The fourth-order valence-electron chi connectivity index (χ4n) is 1.05. The maximum atomic E-state index is 11.3. The van der Waals surface area contributed by atoms with Crippen molar-refractivity contribution < 1.29 is 0 Å². The van der Waals surface area contributed by atoms with Crippen LogP contribution in [0.5, 0.6) is 0 Å². The molecule has 0 spiro atoms. The number of fused-ring (bicyclic) bond motifs is 1. The van der Waals surface area contributed by atoms with Crippen LogP contribution in [0.4, 0.5) is 5.95 Å². The van der Waals surface area contributed by atoms with Crippen LogP contribution in [0.3, 0.4) is 0 Å². The van der Waals surface area contributed by atoms with Crippen molar-refractivity contribution in [3.8, 4) is 0 Å². The molecule has 0 saturated carbocycles. The molecule has 6 heteroatoms. The summed E-state index contributed by atoms with van der Waals surface area (Å²) in [6, 6.07) is 0. The van der Waals surface area contributed by atoms with Crippen molar-refractivity contribution in [3.63, 3.8) is 0 Å². The van der Waals surface area contributed by atoms with Gasteiger partial charge in [0.2, 0.25) is 5.95 Å². The summed E-state index contributed by atoms with van der Waals surface area (Å²) in [4.78, 5) is 25.4. The molecule has 0 aliphatic rings. The van der Waals surface area contributed by atoms with E-state index in [-0.39, 0.29) is 17.0 Å². The summed E-state index contributed by atoms with van der Waals surface area (Å²) in [6.45, 7) is 1.70. The summed E-state index contributed by atoms with van der Waals surface area (Å²) >= 11 is 0. The van der Waals surface area contributed by atoms with Gasteiger partial charge in [0.25, 0.3) is 5.56 Å². The van der Waals surface area contributed by atoms with Crippen LogP contribution in [0.2, 0.25) is 0 Å². The van der Waals surface area contributed by atoms with Gasteiger partial charge in [-0.2, -0.15) is 0 Å². The molecule has 2 heterocycles. The molecule has 0 fully saturated rings. The van der Waals surface area contributed by atoms with Crippen molar-refractivity contribution in [2.45, 2.75) is 6.92 Å². The molecule has 0 radical (unpaired) electrons. The number of nitrogens with two attached hydrogens (primary N) is 1. The first-order chi connectivity index (χ1) is 6.16. The SMILES string of the molecule is Cc1ncc2nc(N)[nH]c(=O)c2n1. The number of hydrogen-bond donors (Lipinski definition) is 2. The minimum absolute atomic E-state index is 0.0740. The number of anilines is 1. The Kier molecular flexibility index (Phi) is 1.48. The summed E-state index contributed by atoms with van der Waals surface area (Å²) in [6.07, 6.45) is 1.48. The van der Waals surface area contributed by atoms with E-state index in [1.165, 1.54) is 6.20 Å². The molecule has 0 saturated heterocycles. The van der Waals surface area contributed by atoms with E-state index in [0.29, 0.717) is 11.3 Å². The molecule has 66 valence electrons. The fraction of sp³-hybridized carbons (Fsp3) is 0.143. The third-order valence-electron chi connectivity index (χ3n) is 1.59. The van der Waals surface area contributed by atoms with E-state index in [1.807, 2.05) is 0 Å². The quantitative estimate of drug-likeness (QED) is 0.570. The second-order valence-corrected chi connectivity index (χ2v) is 2.60. The van der Waals surface area contributed by atoms with Crippen molar-refractivity contribution in [1.82, 2.24) is 19.9 Å².